The number of benzene rings is 1. The zero-order valence-electron chi connectivity index (χ0n) is 12.8. The number of carbonyl (C=O) groups is 1. The Labute approximate surface area is 124 Å². The molecule has 0 bridgehead atoms. The Morgan fingerprint density at radius 3 is 2.52 bits per heavy atom. The number of hydrogen-bond acceptors (Lipinski definition) is 2. The first-order valence-corrected chi connectivity index (χ1v) is 6.97. The van der Waals surface area contributed by atoms with E-state index in [4.69, 9.17) is 0 Å². The third-order valence-corrected chi connectivity index (χ3v) is 3.66. The molecule has 0 aliphatic heterocycles. The predicted octanol–water partition coefficient (Wildman–Crippen LogP) is 3.24. The minimum Gasteiger partial charge on any atom is -0.347 e. The monoisotopic (exact) mass is 289 g/mol. The fraction of sp³-hybridized carbons (Fsp3) is 0.375. The number of carbonyl (C=O) groups excluding carboxylic acids is 1. The van der Waals surface area contributed by atoms with Crippen molar-refractivity contribution in [1.29, 1.82) is 0 Å². The molecule has 2 aromatic rings. The van der Waals surface area contributed by atoms with Gasteiger partial charge < -0.3 is 5.32 Å². The van der Waals surface area contributed by atoms with Crippen molar-refractivity contribution < 1.29 is 9.18 Å². The molecule has 0 saturated carbocycles. The van der Waals surface area contributed by atoms with Crippen LogP contribution < -0.4 is 5.32 Å². The highest BCUT2D eigenvalue weighted by Gasteiger charge is 2.22. The van der Waals surface area contributed by atoms with Gasteiger partial charge in [0.2, 0.25) is 0 Å². The number of amides is 1. The van der Waals surface area contributed by atoms with E-state index < -0.39 is 0 Å². The van der Waals surface area contributed by atoms with Gasteiger partial charge in [0, 0.05) is 5.54 Å². The molecule has 4 nitrogen and oxygen atoms in total. The molecule has 1 amide bonds. The second-order valence-corrected chi connectivity index (χ2v) is 5.72. The first-order chi connectivity index (χ1) is 9.84. The van der Waals surface area contributed by atoms with E-state index in [0.29, 0.717) is 5.56 Å². The smallest absolute Gasteiger partial charge is 0.255 e. The van der Waals surface area contributed by atoms with Gasteiger partial charge in [-0.25, -0.2) is 9.07 Å². The fourth-order valence-electron chi connectivity index (χ4n) is 1.94. The molecule has 0 aliphatic rings. The molecule has 21 heavy (non-hydrogen) atoms. The number of nitrogens with zero attached hydrogens (tertiary/aromatic N) is 2. The molecule has 112 valence electrons. The summed E-state index contributed by atoms with van der Waals surface area (Å²) < 4.78 is 14.6. The van der Waals surface area contributed by atoms with Crippen LogP contribution in [-0.4, -0.2) is 21.2 Å². The van der Waals surface area contributed by atoms with Gasteiger partial charge in [0.05, 0.1) is 23.1 Å². The van der Waals surface area contributed by atoms with E-state index in [1.165, 1.54) is 12.1 Å². The van der Waals surface area contributed by atoms with Gasteiger partial charge in [-0.2, -0.15) is 5.10 Å². The standard InChI is InChI=1S/C16H20FN3O/c1-5-16(3,4)19-15(21)14-10-18-20(11(14)2)13-8-6-12(17)7-9-13/h6-10H,5H2,1-4H3,(H,19,21). The lowest BCUT2D eigenvalue weighted by molar-refractivity contribution is 0.0910. The maximum atomic E-state index is 13.0. The van der Waals surface area contributed by atoms with Crippen LogP contribution in [-0.2, 0) is 0 Å². The summed E-state index contributed by atoms with van der Waals surface area (Å²) in [6.07, 6.45) is 2.38. The van der Waals surface area contributed by atoms with Gasteiger partial charge in [-0.05, 0) is 51.5 Å². The van der Waals surface area contributed by atoms with E-state index in [2.05, 4.69) is 10.4 Å². The van der Waals surface area contributed by atoms with Crippen molar-refractivity contribution in [1.82, 2.24) is 15.1 Å². The number of aromatic nitrogens is 2. The average molecular weight is 289 g/mol. The molecule has 0 aliphatic carbocycles. The molecule has 1 heterocycles. The average Bonchev–Trinajstić information content (AvgIpc) is 2.81. The molecule has 0 radical (unpaired) electrons. The van der Waals surface area contributed by atoms with Crippen LogP contribution in [0.4, 0.5) is 4.39 Å². The summed E-state index contributed by atoms with van der Waals surface area (Å²) in [6, 6.07) is 6.01. The minimum atomic E-state index is -0.300. The van der Waals surface area contributed by atoms with Gasteiger partial charge in [-0.1, -0.05) is 6.92 Å². The van der Waals surface area contributed by atoms with Crippen LogP contribution in [0.1, 0.15) is 43.2 Å². The summed E-state index contributed by atoms with van der Waals surface area (Å²) in [7, 11) is 0. The maximum absolute atomic E-state index is 13.0. The van der Waals surface area contributed by atoms with Gasteiger partial charge in [0.25, 0.3) is 5.91 Å². The second-order valence-electron chi connectivity index (χ2n) is 5.72. The van der Waals surface area contributed by atoms with E-state index in [1.54, 1.807) is 23.0 Å². The van der Waals surface area contributed by atoms with Crippen molar-refractivity contribution >= 4 is 5.91 Å². The van der Waals surface area contributed by atoms with Gasteiger partial charge in [0.15, 0.2) is 0 Å². The summed E-state index contributed by atoms with van der Waals surface area (Å²) in [6.45, 7) is 7.80. The summed E-state index contributed by atoms with van der Waals surface area (Å²) in [4.78, 5) is 12.3. The number of rotatable bonds is 4. The molecular weight excluding hydrogens is 269 g/mol. The second kappa shape index (κ2) is 5.68. The third-order valence-electron chi connectivity index (χ3n) is 3.66. The van der Waals surface area contributed by atoms with E-state index >= 15 is 0 Å². The van der Waals surface area contributed by atoms with E-state index in [0.717, 1.165) is 17.8 Å². The van der Waals surface area contributed by atoms with Crippen molar-refractivity contribution in [3.8, 4) is 5.69 Å². The molecule has 0 unspecified atom stereocenters. The largest absolute Gasteiger partial charge is 0.347 e. The van der Waals surface area contributed by atoms with E-state index in [1.807, 2.05) is 27.7 Å². The normalized spacial score (nSPS) is 11.5. The highest BCUT2D eigenvalue weighted by atomic mass is 19.1. The Balaban J connectivity index is 2.28. The van der Waals surface area contributed by atoms with Crippen LogP contribution in [0.2, 0.25) is 0 Å². The van der Waals surface area contributed by atoms with Crippen LogP contribution in [0.3, 0.4) is 0 Å². The lowest BCUT2D eigenvalue weighted by Crippen LogP contribution is -2.42. The first kappa shape index (κ1) is 15.2. The Morgan fingerprint density at radius 1 is 1.33 bits per heavy atom. The van der Waals surface area contributed by atoms with Crippen LogP contribution in [0.25, 0.3) is 5.69 Å². The van der Waals surface area contributed by atoms with Crippen molar-refractivity contribution in [2.75, 3.05) is 0 Å². The zero-order valence-corrected chi connectivity index (χ0v) is 12.8. The lowest BCUT2D eigenvalue weighted by atomic mass is 10.0. The topological polar surface area (TPSA) is 46.9 Å². The molecule has 1 aromatic carbocycles. The van der Waals surface area contributed by atoms with Crippen molar-refractivity contribution in [3.63, 3.8) is 0 Å². The SMILES string of the molecule is CCC(C)(C)NC(=O)c1cnn(-c2ccc(F)cc2)c1C. The van der Waals surface area contributed by atoms with E-state index in [9.17, 15) is 9.18 Å². The number of halogens is 1. The molecule has 0 atom stereocenters. The van der Waals surface area contributed by atoms with Crippen molar-refractivity contribution in [2.45, 2.75) is 39.7 Å². The molecule has 0 fully saturated rings. The summed E-state index contributed by atoms with van der Waals surface area (Å²) in [5.41, 5.74) is 1.72. The molecule has 1 aromatic heterocycles. The zero-order chi connectivity index (χ0) is 15.6. The molecule has 5 heteroatoms. The van der Waals surface area contributed by atoms with Crippen LogP contribution in [0.15, 0.2) is 30.5 Å². The highest BCUT2D eigenvalue weighted by molar-refractivity contribution is 5.95. The molecule has 0 spiro atoms. The van der Waals surface area contributed by atoms with Crippen LogP contribution in [0.5, 0.6) is 0 Å². The predicted molar refractivity (Wildman–Crippen MR) is 80.1 cm³/mol. The Morgan fingerprint density at radius 2 is 1.95 bits per heavy atom. The number of nitrogens with one attached hydrogen (secondary N) is 1. The van der Waals surface area contributed by atoms with Crippen LogP contribution >= 0.6 is 0 Å². The van der Waals surface area contributed by atoms with Crippen molar-refractivity contribution in [2.24, 2.45) is 0 Å². The quantitative estimate of drug-likeness (QED) is 0.939. The van der Waals surface area contributed by atoms with E-state index in [-0.39, 0.29) is 17.3 Å². The maximum Gasteiger partial charge on any atom is 0.255 e. The first-order valence-electron chi connectivity index (χ1n) is 6.97. The van der Waals surface area contributed by atoms with Crippen LogP contribution in [0, 0.1) is 12.7 Å². The summed E-state index contributed by atoms with van der Waals surface area (Å²) in [5, 5.41) is 7.21. The molecule has 1 N–H and O–H groups in total. The van der Waals surface area contributed by atoms with Gasteiger partial charge in [-0.15, -0.1) is 0 Å². The summed E-state index contributed by atoms with van der Waals surface area (Å²) >= 11 is 0. The molecule has 0 saturated heterocycles. The lowest BCUT2D eigenvalue weighted by Gasteiger charge is -2.24. The van der Waals surface area contributed by atoms with Crippen molar-refractivity contribution in [3.05, 3.63) is 47.5 Å². The number of hydrogen-bond donors (Lipinski definition) is 1. The fourth-order valence-corrected chi connectivity index (χ4v) is 1.94. The van der Waals surface area contributed by atoms with Gasteiger partial charge in [0.1, 0.15) is 5.82 Å². The van der Waals surface area contributed by atoms with Gasteiger partial charge >= 0.3 is 0 Å². The minimum absolute atomic E-state index is 0.146. The van der Waals surface area contributed by atoms with Gasteiger partial charge in [-0.3, -0.25) is 4.79 Å². The third kappa shape index (κ3) is 3.29. The Bertz CT molecular complexity index is 644. The Hall–Kier alpha value is -2.17. The summed E-state index contributed by atoms with van der Waals surface area (Å²) in [5.74, 6) is -0.445. The highest BCUT2D eigenvalue weighted by Crippen LogP contribution is 2.16. The molecule has 2 rings (SSSR count). The Kier molecular flexibility index (Phi) is 4.11. The molecular formula is C16H20FN3O.